The highest BCUT2D eigenvalue weighted by atomic mass is 79.9. The Labute approximate surface area is 117 Å². The van der Waals surface area contributed by atoms with E-state index in [1.54, 1.807) is 0 Å². The summed E-state index contributed by atoms with van der Waals surface area (Å²) in [5.74, 6) is 1.11. The maximum atomic E-state index is 4.60. The molecular formula is C14H20BrN3. The summed E-state index contributed by atoms with van der Waals surface area (Å²) in [5, 5.41) is 3.64. The van der Waals surface area contributed by atoms with E-state index in [4.69, 9.17) is 0 Å². The summed E-state index contributed by atoms with van der Waals surface area (Å²) in [6.07, 6.45) is 7.24. The molecule has 1 aliphatic heterocycles. The summed E-state index contributed by atoms with van der Waals surface area (Å²) in [6, 6.07) is 3.56. The van der Waals surface area contributed by atoms with Gasteiger partial charge in [-0.1, -0.05) is 0 Å². The maximum Gasteiger partial charge on any atom is 0.143 e. The second-order valence-corrected chi connectivity index (χ2v) is 6.34. The van der Waals surface area contributed by atoms with Gasteiger partial charge in [0.05, 0.1) is 4.47 Å². The van der Waals surface area contributed by atoms with Crippen LogP contribution in [0.4, 0.5) is 5.82 Å². The van der Waals surface area contributed by atoms with Gasteiger partial charge in [-0.25, -0.2) is 4.98 Å². The van der Waals surface area contributed by atoms with Crippen LogP contribution < -0.4 is 10.2 Å². The van der Waals surface area contributed by atoms with Crippen LogP contribution >= 0.6 is 15.9 Å². The largest absolute Gasteiger partial charge is 0.351 e. The third-order valence-electron chi connectivity index (χ3n) is 3.83. The highest BCUT2D eigenvalue weighted by Gasteiger charge is 2.29. The Morgan fingerprint density at radius 2 is 2.28 bits per heavy atom. The monoisotopic (exact) mass is 309 g/mol. The number of halogens is 1. The van der Waals surface area contributed by atoms with E-state index in [1.165, 1.54) is 31.2 Å². The Hall–Kier alpha value is -0.610. The van der Waals surface area contributed by atoms with Crippen LogP contribution in [0.2, 0.25) is 0 Å². The zero-order chi connectivity index (χ0) is 12.5. The molecule has 0 amide bonds. The van der Waals surface area contributed by atoms with Crippen LogP contribution in [0.25, 0.3) is 0 Å². The molecule has 98 valence electrons. The first kappa shape index (κ1) is 12.4. The molecule has 1 atom stereocenters. The molecule has 0 aromatic carbocycles. The number of aromatic nitrogens is 1. The van der Waals surface area contributed by atoms with Crippen LogP contribution in [0.15, 0.2) is 16.7 Å². The van der Waals surface area contributed by atoms with E-state index in [2.05, 4.69) is 44.1 Å². The Kier molecular flexibility index (Phi) is 3.57. The van der Waals surface area contributed by atoms with Crippen molar-refractivity contribution in [3.63, 3.8) is 0 Å². The Bertz CT molecular complexity index is 431. The molecule has 1 unspecified atom stereocenters. The Morgan fingerprint density at radius 3 is 3.00 bits per heavy atom. The Balaban J connectivity index is 1.72. The summed E-state index contributed by atoms with van der Waals surface area (Å²) in [7, 11) is 0. The van der Waals surface area contributed by atoms with Gasteiger partial charge in [0, 0.05) is 31.4 Å². The van der Waals surface area contributed by atoms with E-state index in [0.717, 1.165) is 29.4 Å². The lowest BCUT2D eigenvalue weighted by Crippen LogP contribution is -2.39. The summed E-state index contributed by atoms with van der Waals surface area (Å²) in [5.41, 5.74) is 1.21. The fourth-order valence-corrected chi connectivity index (χ4v) is 3.35. The molecule has 2 heterocycles. The minimum absolute atomic E-state index is 0.608. The molecule has 0 bridgehead atoms. The number of nitrogens with zero attached hydrogens (tertiary/aromatic N) is 2. The third kappa shape index (κ3) is 2.69. The summed E-state index contributed by atoms with van der Waals surface area (Å²) in [4.78, 5) is 7.06. The van der Waals surface area contributed by atoms with Crippen LogP contribution in [0.1, 0.15) is 31.2 Å². The zero-order valence-corrected chi connectivity index (χ0v) is 12.4. The fourth-order valence-electron chi connectivity index (χ4n) is 2.65. The predicted octanol–water partition coefficient (Wildman–Crippen LogP) is 2.87. The summed E-state index contributed by atoms with van der Waals surface area (Å²) < 4.78 is 1.13. The molecule has 4 heteroatoms. The first-order valence-electron chi connectivity index (χ1n) is 6.86. The molecule has 1 aromatic heterocycles. The highest BCUT2D eigenvalue weighted by molar-refractivity contribution is 9.10. The molecule has 2 fully saturated rings. The van der Waals surface area contributed by atoms with Gasteiger partial charge in [-0.2, -0.15) is 0 Å². The smallest absolute Gasteiger partial charge is 0.143 e. The fraction of sp³-hybridized carbons (Fsp3) is 0.643. The van der Waals surface area contributed by atoms with Gasteiger partial charge in [-0.3, -0.25) is 0 Å². The quantitative estimate of drug-likeness (QED) is 0.927. The van der Waals surface area contributed by atoms with Crippen molar-refractivity contribution in [3.8, 4) is 0 Å². The van der Waals surface area contributed by atoms with Crippen molar-refractivity contribution < 1.29 is 0 Å². The molecule has 1 aromatic rings. The van der Waals surface area contributed by atoms with Gasteiger partial charge in [0.25, 0.3) is 0 Å². The molecule has 2 aliphatic rings. The minimum Gasteiger partial charge on any atom is -0.351 e. The van der Waals surface area contributed by atoms with Gasteiger partial charge in [-0.05, 0) is 60.2 Å². The number of nitrogens with one attached hydrogen (secondary N) is 1. The molecule has 18 heavy (non-hydrogen) atoms. The van der Waals surface area contributed by atoms with E-state index < -0.39 is 0 Å². The second kappa shape index (κ2) is 5.17. The van der Waals surface area contributed by atoms with Crippen molar-refractivity contribution in [2.75, 3.05) is 18.0 Å². The van der Waals surface area contributed by atoms with E-state index in [1.807, 2.05) is 6.20 Å². The average Bonchev–Trinajstić information content (AvgIpc) is 3.06. The maximum absolute atomic E-state index is 4.60. The molecule has 1 N–H and O–H groups in total. The number of pyridine rings is 1. The van der Waals surface area contributed by atoms with Gasteiger partial charge < -0.3 is 10.2 Å². The van der Waals surface area contributed by atoms with Gasteiger partial charge in [0.15, 0.2) is 0 Å². The SMILES string of the molecule is Cc1cnc(N2CCCC2CNC2CC2)c(Br)c1. The van der Waals surface area contributed by atoms with Gasteiger partial charge in [0.1, 0.15) is 5.82 Å². The van der Waals surface area contributed by atoms with E-state index in [0.29, 0.717) is 6.04 Å². The Morgan fingerprint density at radius 1 is 1.44 bits per heavy atom. The van der Waals surface area contributed by atoms with Crippen molar-refractivity contribution in [2.45, 2.75) is 44.7 Å². The minimum atomic E-state index is 0.608. The van der Waals surface area contributed by atoms with Crippen molar-refractivity contribution in [3.05, 3.63) is 22.3 Å². The number of aryl methyl sites for hydroxylation is 1. The number of hydrogen-bond donors (Lipinski definition) is 1. The highest BCUT2D eigenvalue weighted by Crippen LogP contribution is 2.31. The first-order valence-corrected chi connectivity index (χ1v) is 7.65. The molecule has 3 rings (SSSR count). The number of anilines is 1. The molecule has 1 aliphatic carbocycles. The van der Waals surface area contributed by atoms with Crippen molar-refractivity contribution >= 4 is 21.7 Å². The lowest BCUT2D eigenvalue weighted by molar-refractivity contribution is 0.568. The van der Waals surface area contributed by atoms with Crippen LogP contribution in [-0.2, 0) is 0 Å². The van der Waals surface area contributed by atoms with Gasteiger partial charge in [0.2, 0.25) is 0 Å². The van der Waals surface area contributed by atoms with Gasteiger partial charge >= 0.3 is 0 Å². The van der Waals surface area contributed by atoms with E-state index in [9.17, 15) is 0 Å². The van der Waals surface area contributed by atoms with Crippen LogP contribution in [0.3, 0.4) is 0 Å². The number of rotatable bonds is 4. The van der Waals surface area contributed by atoms with Crippen LogP contribution in [0.5, 0.6) is 0 Å². The molecular weight excluding hydrogens is 290 g/mol. The van der Waals surface area contributed by atoms with Gasteiger partial charge in [-0.15, -0.1) is 0 Å². The lowest BCUT2D eigenvalue weighted by atomic mass is 10.2. The normalized spacial score (nSPS) is 23.7. The third-order valence-corrected chi connectivity index (χ3v) is 4.41. The van der Waals surface area contributed by atoms with E-state index in [-0.39, 0.29) is 0 Å². The van der Waals surface area contributed by atoms with E-state index >= 15 is 0 Å². The van der Waals surface area contributed by atoms with Crippen molar-refractivity contribution in [1.29, 1.82) is 0 Å². The standard InChI is InChI=1S/C14H20BrN3/c1-10-7-13(15)14(17-8-10)18-6-2-3-12(18)9-16-11-4-5-11/h7-8,11-12,16H,2-6,9H2,1H3. The van der Waals surface area contributed by atoms with Crippen molar-refractivity contribution in [2.24, 2.45) is 0 Å². The summed E-state index contributed by atoms with van der Waals surface area (Å²) >= 11 is 3.65. The lowest BCUT2D eigenvalue weighted by Gasteiger charge is -2.27. The molecule has 1 saturated carbocycles. The molecule has 0 radical (unpaired) electrons. The van der Waals surface area contributed by atoms with Crippen molar-refractivity contribution in [1.82, 2.24) is 10.3 Å². The molecule has 1 saturated heterocycles. The topological polar surface area (TPSA) is 28.2 Å². The molecule has 3 nitrogen and oxygen atoms in total. The average molecular weight is 310 g/mol. The first-order chi connectivity index (χ1) is 8.74. The van der Waals surface area contributed by atoms with Crippen LogP contribution in [-0.4, -0.2) is 30.2 Å². The molecule has 0 spiro atoms. The predicted molar refractivity (Wildman–Crippen MR) is 78.1 cm³/mol. The number of hydrogen-bond acceptors (Lipinski definition) is 3. The summed E-state index contributed by atoms with van der Waals surface area (Å²) in [6.45, 7) is 4.32. The second-order valence-electron chi connectivity index (χ2n) is 5.49. The van der Waals surface area contributed by atoms with Crippen LogP contribution in [0, 0.1) is 6.92 Å². The zero-order valence-electron chi connectivity index (χ0n) is 10.8.